The minimum Gasteiger partial charge on any atom is -0.353 e. The van der Waals surface area contributed by atoms with Gasteiger partial charge in [0.15, 0.2) is 12.1 Å². The van der Waals surface area contributed by atoms with Crippen molar-refractivity contribution in [2.45, 2.75) is 57.1 Å². The molecule has 5 heteroatoms. The molecule has 2 aliphatic rings. The molecule has 2 aliphatic heterocycles. The summed E-state index contributed by atoms with van der Waals surface area (Å²) in [6.45, 7) is 4.18. The fraction of sp³-hybridized carbons (Fsp3) is 1.00. The van der Waals surface area contributed by atoms with Gasteiger partial charge in [0.25, 0.3) is 0 Å². The summed E-state index contributed by atoms with van der Waals surface area (Å²) in [4.78, 5) is 0. The van der Waals surface area contributed by atoms with Gasteiger partial charge in [-0.25, -0.2) is 0 Å². The van der Waals surface area contributed by atoms with E-state index in [1.165, 1.54) is 0 Å². The summed E-state index contributed by atoms with van der Waals surface area (Å²) >= 11 is 2.31. The van der Waals surface area contributed by atoms with Gasteiger partial charge < -0.3 is 18.9 Å². The van der Waals surface area contributed by atoms with Crippen LogP contribution in [-0.2, 0) is 18.9 Å². The predicted octanol–water partition coefficient (Wildman–Crippen LogP) is 2.09. The van der Waals surface area contributed by atoms with E-state index in [0.29, 0.717) is 0 Å². The van der Waals surface area contributed by atoms with E-state index in [0.717, 1.165) is 17.3 Å². The zero-order valence-corrected chi connectivity index (χ0v) is 12.1. The van der Waals surface area contributed by atoms with Crippen LogP contribution in [0.3, 0.4) is 0 Å². The summed E-state index contributed by atoms with van der Waals surface area (Å²) in [5, 5.41) is 0. The van der Waals surface area contributed by atoms with Gasteiger partial charge in [0.2, 0.25) is 0 Å². The number of hydrogen-bond acceptors (Lipinski definition) is 4. The molecule has 0 radical (unpaired) electrons. The molecule has 2 unspecified atom stereocenters. The van der Waals surface area contributed by atoms with Crippen LogP contribution in [0.2, 0.25) is 0 Å². The van der Waals surface area contributed by atoms with Crippen molar-refractivity contribution in [2.75, 3.05) is 11.5 Å². The molecule has 4 nitrogen and oxygen atoms in total. The summed E-state index contributed by atoms with van der Waals surface area (Å²) in [7, 11) is 1.65. The first-order valence-corrected chi connectivity index (χ1v) is 7.32. The van der Waals surface area contributed by atoms with Crippen molar-refractivity contribution >= 4 is 22.6 Å². The Morgan fingerprint density at radius 1 is 1.19 bits per heavy atom. The molecule has 0 spiro atoms. The molecule has 2 rings (SSSR count). The second-order valence-electron chi connectivity index (χ2n) is 4.22. The van der Waals surface area contributed by atoms with Crippen molar-refractivity contribution in [1.82, 2.24) is 0 Å². The molecule has 0 aromatic rings. The van der Waals surface area contributed by atoms with Crippen LogP contribution in [0.4, 0.5) is 0 Å². The van der Waals surface area contributed by atoms with Gasteiger partial charge in [-0.2, -0.15) is 0 Å². The number of alkyl halides is 1. The molecule has 94 valence electrons. The van der Waals surface area contributed by atoms with Crippen LogP contribution in [0.15, 0.2) is 0 Å². The number of fused-ring (bicyclic) bond motifs is 1. The first-order valence-electron chi connectivity index (χ1n) is 5.79. The second-order valence-corrected chi connectivity index (χ2v) is 5.10. The van der Waals surface area contributed by atoms with Crippen molar-refractivity contribution in [3.8, 4) is 0 Å². The standard InChI is InChI=1S/C11H19IO4/c1-4-11(5-2)15-8-7(6-12)14-10(13-3)9(8)16-11/h7-10H,4-6H2,1-3H3/t7-,8-,9?,10?/m1/s1. The van der Waals surface area contributed by atoms with E-state index in [1.807, 2.05) is 0 Å². The molecular weight excluding hydrogens is 323 g/mol. The smallest absolute Gasteiger partial charge is 0.186 e. The van der Waals surface area contributed by atoms with Gasteiger partial charge in [-0.1, -0.05) is 36.4 Å². The Hall–Kier alpha value is 0.570. The van der Waals surface area contributed by atoms with Crippen LogP contribution in [0.5, 0.6) is 0 Å². The van der Waals surface area contributed by atoms with Gasteiger partial charge in [0, 0.05) is 11.5 Å². The molecule has 0 amide bonds. The maximum absolute atomic E-state index is 6.07. The third kappa shape index (κ3) is 2.01. The zero-order chi connectivity index (χ0) is 11.8. The second kappa shape index (κ2) is 5.06. The van der Waals surface area contributed by atoms with Gasteiger partial charge in [-0.15, -0.1) is 0 Å². The van der Waals surface area contributed by atoms with E-state index >= 15 is 0 Å². The minimum absolute atomic E-state index is 0.0155. The Morgan fingerprint density at radius 2 is 1.81 bits per heavy atom. The normalized spacial score (nSPS) is 41.2. The highest BCUT2D eigenvalue weighted by atomic mass is 127. The Morgan fingerprint density at radius 3 is 2.31 bits per heavy atom. The molecule has 16 heavy (non-hydrogen) atoms. The van der Waals surface area contributed by atoms with Gasteiger partial charge in [-0.3, -0.25) is 0 Å². The monoisotopic (exact) mass is 342 g/mol. The molecule has 0 N–H and O–H groups in total. The number of ether oxygens (including phenoxy) is 4. The number of hydrogen-bond donors (Lipinski definition) is 0. The molecule has 2 fully saturated rings. The molecule has 0 aliphatic carbocycles. The lowest BCUT2D eigenvalue weighted by atomic mass is 10.1. The maximum Gasteiger partial charge on any atom is 0.186 e. The maximum atomic E-state index is 6.07. The lowest BCUT2D eigenvalue weighted by molar-refractivity contribution is -0.240. The van der Waals surface area contributed by atoms with Crippen LogP contribution in [0, 0.1) is 0 Å². The average molecular weight is 342 g/mol. The van der Waals surface area contributed by atoms with E-state index < -0.39 is 5.79 Å². The van der Waals surface area contributed by atoms with Crippen molar-refractivity contribution in [2.24, 2.45) is 0 Å². The number of methoxy groups -OCH3 is 1. The molecule has 0 aromatic carbocycles. The van der Waals surface area contributed by atoms with Gasteiger partial charge in [0.1, 0.15) is 12.2 Å². The molecule has 0 saturated carbocycles. The SMILES string of the molecule is CCC1(CC)OC2C(OC)O[C@H](CI)[C@H]2O1. The highest BCUT2D eigenvalue weighted by Gasteiger charge is 2.56. The largest absolute Gasteiger partial charge is 0.353 e. The van der Waals surface area contributed by atoms with Crippen LogP contribution < -0.4 is 0 Å². The van der Waals surface area contributed by atoms with E-state index in [-0.39, 0.29) is 24.6 Å². The van der Waals surface area contributed by atoms with Crippen LogP contribution in [0.25, 0.3) is 0 Å². The van der Waals surface area contributed by atoms with E-state index in [2.05, 4.69) is 36.4 Å². The Bertz CT molecular complexity index is 224. The van der Waals surface area contributed by atoms with Crippen molar-refractivity contribution in [1.29, 1.82) is 0 Å². The zero-order valence-electron chi connectivity index (χ0n) is 9.94. The highest BCUT2D eigenvalue weighted by Crippen LogP contribution is 2.42. The lowest BCUT2D eigenvalue weighted by Gasteiger charge is -2.28. The summed E-state index contributed by atoms with van der Waals surface area (Å²) in [5.74, 6) is -0.431. The summed E-state index contributed by atoms with van der Waals surface area (Å²) in [5.41, 5.74) is 0. The fourth-order valence-corrected chi connectivity index (χ4v) is 3.09. The molecule has 2 saturated heterocycles. The van der Waals surface area contributed by atoms with Crippen molar-refractivity contribution in [3.05, 3.63) is 0 Å². The first kappa shape index (κ1) is 13.0. The molecule has 0 bridgehead atoms. The quantitative estimate of drug-likeness (QED) is 0.579. The molecule has 4 atom stereocenters. The summed E-state index contributed by atoms with van der Waals surface area (Å²) < 4.78 is 24.0. The molecular formula is C11H19IO4. The van der Waals surface area contributed by atoms with Crippen molar-refractivity contribution < 1.29 is 18.9 Å². The van der Waals surface area contributed by atoms with Crippen LogP contribution in [-0.4, -0.2) is 41.9 Å². The number of rotatable bonds is 4. The molecule has 0 aromatic heterocycles. The van der Waals surface area contributed by atoms with Crippen LogP contribution >= 0.6 is 22.6 Å². The Labute approximate surface area is 110 Å². The van der Waals surface area contributed by atoms with E-state index in [9.17, 15) is 0 Å². The number of halogens is 1. The molecule has 2 heterocycles. The third-order valence-corrected chi connectivity index (χ3v) is 4.30. The third-order valence-electron chi connectivity index (χ3n) is 3.43. The predicted molar refractivity (Wildman–Crippen MR) is 67.6 cm³/mol. The summed E-state index contributed by atoms with van der Waals surface area (Å²) in [6.07, 6.45) is 1.45. The van der Waals surface area contributed by atoms with Gasteiger partial charge >= 0.3 is 0 Å². The lowest BCUT2D eigenvalue weighted by Crippen LogP contribution is -2.34. The van der Waals surface area contributed by atoms with E-state index in [4.69, 9.17) is 18.9 Å². The Kier molecular flexibility index (Phi) is 4.11. The topological polar surface area (TPSA) is 36.9 Å². The van der Waals surface area contributed by atoms with Gasteiger partial charge in [-0.05, 0) is 12.8 Å². The average Bonchev–Trinajstić information content (AvgIpc) is 2.84. The van der Waals surface area contributed by atoms with Gasteiger partial charge in [0.05, 0.1) is 6.10 Å². The highest BCUT2D eigenvalue weighted by molar-refractivity contribution is 14.1. The Balaban J connectivity index is 2.14. The summed E-state index contributed by atoms with van der Waals surface area (Å²) in [6, 6.07) is 0. The first-order chi connectivity index (χ1) is 7.69. The van der Waals surface area contributed by atoms with E-state index in [1.54, 1.807) is 7.11 Å². The minimum atomic E-state index is -0.431. The van der Waals surface area contributed by atoms with Crippen molar-refractivity contribution in [3.63, 3.8) is 0 Å². The fourth-order valence-electron chi connectivity index (χ4n) is 2.38. The van der Waals surface area contributed by atoms with Crippen LogP contribution in [0.1, 0.15) is 26.7 Å².